The number of aliphatic hydroxyl groups is 1. The van der Waals surface area contributed by atoms with Crippen LogP contribution in [-0.2, 0) is 10.0 Å². The number of nitrogens with one attached hydrogen (secondary N) is 1. The third-order valence-electron chi connectivity index (χ3n) is 2.41. The van der Waals surface area contributed by atoms with E-state index >= 15 is 0 Å². The summed E-state index contributed by atoms with van der Waals surface area (Å²) < 4.78 is 26.2. The molecule has 0 aliphatic heterocycles. The topological polar surface area (TPSA) is 104 Å². The van der Waals surface area contributed by atoms with Crippen LogP contribution in [0.15, 0.2) is 17.0 Å². The highest BCUT2D eigenvalue weighted by Crippen LogP contribution is 2.24. The lowest BCUT2D eigenvalue weighted by atomic mass is 10.1. The number of halogens is 1. The second-order valence-corrected chi connectivity index (χ2v) is 6.25. The van der Waals surface area contributed by atoms with Gasteiger partial charge in [0.05, 0.1) is 16.6 Å². The van der Waals surface area contributed by atoms with E-state index in [9.17, 15) is 13.2 Å². The third kappa shape index (κ3) is 3.90. The third-order valence-corrected chi connectivity index (χ3v) is 4.18. The molecule has 1 aromatic carbocycles. The van der Waals surface area contributed by atoms with Crippen LogP contribution in [0.2, 0.25) is 5.02 Å². The molecule has 0 aliphatic rings. The number of aromatic carboxylic acids is 1. The van der Waals surface area contributed by atoms with Gasteiger partial charge in [0.25, 0.3) is 0 Å². The van der Waals surface area contributed by atoms with E-state index in [0.29, 0.717) is 0 Å². The van der Waals surface area contributed by atoms with Crippen LogP contribution in [0.3, 0.4) is 0 Å². The van der Waals surface area contributed by atoms with Gasteiger partial charge in [0.15, 0.2) is 0 Å². The minimum Gasteiger partial charge on any atom is -0.478 e. The number of aliphatic hydroxyl groups excluding tert-OH is 1. The van der Waals surface area contributed by atoms with Gasteiger partial charge in [-0.3, -0.25) is 0 Å². The molecule has 1 aromatic rings. The number of hydrogen-bond donors (Lipinski definition) is 3. The lowest BCUT2D eigenvalue weighted by Crippen LogP contribution is -2.31. The lowest BCUT2D eigenvalue weighted by Gasteiger charge is -2.12. The highest BCUT2D eigenvalue weighted by Gasteiger charge is 2.22. The van der Waals surface area contributed by atoms with Crippen LogP contribution in [-0.4, -0.2) is 37.2 Å². The van der Waals surface area contributed by atoms with Gasteiger partial charge < -0.3 is 10.2 Å². The molecule has 0 spiro atoms. The molecule has 0 saturated heterocycles. The summed E-state index contributed by atoms with van der Waals surface area (Å²) in [4.78, 5) is 10.8. The molecule has 1 unspecified atom stereocenters. The number of benzene rings is 1. The molecular formula is C11H14ClNO5S. The zero-order valence-corrected chi connectivity index (χ0v) is 11.9. The van der Waals surface area contributed by atoms with Crippen molar-refractivity contribution < 1.29 is 23.4 Å². The average molecular weight is 308 g/mol. The first-order chi connectivity index (χ1) is 8.65. The van der Waals surface area contributed by atoms with Crippen LogP contribution in [0.5, 0.6) is 0 Å². The summed E-state index contributed by atoms with van der Waals surface area (Å²) in [6.07, 6.45) is -0.854. The molecule has 0 fully saturated rings. The Kier molecular flexibility index (Phi) is 4.92. The van der Waals surface area contributed by atoms with E-state index in [4.69, 9.17) is 21.8 Å². The Morgan fingerprint density at radius 3 is 2.53 bits per heavy atom. The second kappa shape index (κ2) is 5.87. The minimum atomic E-state index is -3.92. The molecule has 3 N–H and O–H groups in total. The Balaban J connectivity index is 3.31. The summed E-state index contributed by atoms with van der Waals surface area (Å²) in [6, 6.07) is 2.36. The first-order valence-corrected chi connectivity index (χ1v) is 7.22. The first-order valence-electron chi connectivity index (χ1n) is 5.36. The molecule has 0 amide bonds. The van der Waals surface area contributed by atoms with Gasteiger partial charge in [0.2, 0.25) is 10.0 Å². The molecule has 0 aliphatic carbocycles. The highest BCUT2D eigenvalue weighted by atomic mass is 35.5. The molecular weight excluding hydrogens is 294 g/mol. The zero-order chi connectivity index (χ0) is 14.8. The van der Waals surface area contributed by atoms with Crippen molar-refractivity contribution in [1.82, 2.24) is 4.72 Å². The Labute approximate surface area is 116 Å². The van der Waals surface area contributed by atoms with E-state index in [1.807, 2.05) is 0 Å². The Hall–Kier alpha value is -1.15. The predicted octanol–water partition coefficient (Wildman–Crippen LogP) is 1.01. The zero-order valence-electron chi connectivity index (χ0n) is 10.3. The Morgan fingerprint density at radius 1 is 1.47 bits per heavy atom. The summed E-state index contributed by atoms with van der Waals surface area (Å²) in [7, 11) is -3.92. The predicted molar refractivity (Wildman–Crippen MR) is 70.0 cm³/mol. The Morgan fingerprint density at radius 2 is 2.05 bits per heavy atom. The fraction of sp³-hybridized carbons (Fsp3) is 0.364. The quantitative estimate of drug-likeness (QED) is 0.753. The van der Waals surface area contributed by atoms with Crippen molar-refractivity contribution in [2.24, 2.45) is 0 Å². The van der Waals surface area contributed by atoms with Crippen LogP contribution in [0.1, 0.15) is 22.8 Å². The molecule has 1 atom stereocenters. The normalized spacial score (nSPS) is 13.3. The van der Waals surface area contributed by atoms with E-state index < -0.39 is 22.1 Å². The number of hydrogen-bond acceptors (Lipinski definition) is 4. The summed E-state index contributed by atoms with van der Waals surface area (Å²) in [6.45, 7) is 2.64. The van der Waals surface area contributed by atoms with Gasteiger partial charge in [-0.15, -0.1) is 0 Å². The maximum Gasteiger partial charge on any atom is 0.336 e. The fourth-order valence-corrected chi connectivity index (χ4v) is 3.16. The van der Waals surface area contributed by atoms with Gasteiger partial charge in [-0.1, -0.05) is 11.6 Å². The van der Waals surface area contributed by atoms with Crippen molar-refractivity contribution >= 4 is 27.6 Å². The van der Waals surface area contributed by atoms with Crippen molar-refractivity contribution in [1.29, 1.82) is 0 Å². The summed E-state index contributed by atoms with van der Waals surface area (Å²) in [5.74, 6) is -1.26. The first kappa shape index (κ1) is 15.9. The summed E-state index contributed by atoms with van der Waals surface area (Å²) in [5, 5.41) is 18.1. The number of carboxylic acids is 1. The molecule has 1 rings (SSSR count). The van der Waals surface area contributed by atoms with E-state index in [1.165, 1.54) is 26.0 Å². The summed E-state index contributed by atoms with van der Waals surface area (Å²) >= 11 is 5.73. The Bertz CT molecular complexity index is 597. The summed E-state index contributed by atoms with van der Waals surface area (Å²) in [5.41, 5.74) is -0.0834. The monoisotopic (exact) mass is 307 g/mol. The fourth-order valence-electron chi connectivity index (χ4n) is 1.46. The number of carboxylic acid groups (broad SMARTS) is 1. The van der Waals surface area contributed by atoms with Crippen LogP contribution in [0.25, 0.3) is 0 Å². The largest absolute Gasteiger partial charge is 0.478 e. The lowest BCUT2D eigenvalue weighted by molar-refractivity contribution is 0.0695. The number of sulfonamides is 1. The van der Waals surface area contributed by atoms with Gasteiger partial charge >= 0.3 is 5.97 Å². The second-order valence-electron chi connectivity index (χ2n) is 4.08. The molecule has 106 valence electrons. The van der Waals surface area contributed by atoms with E-state index in [0.717, 1.165) is 0 Å². The van der Waals surface area contributed by atoms with Gasteiger partial charge in [-0.05, 0) is 31.5 Å². The van der Waals surface area contributed by atoms with Crippen molar-refractivity contribution in [3.05, 3.63) is 28.3 Å². The van der Waals surface area contributed by atoms with Crippen LogP contribution in [0, 0.1) is 6.92 Å². The molecule has 0 heterocycles. The standard InChI is InChI=1S/C11H14ClNO5S/c1-6(14)5-13-19(17,18)10-4-8(12)3-9(7(10)2)11(15)16/h3-4,6,13-14H,5H2,1-2H3,(H,15,16). The van der Waals surface area contributed by atoms with Crippen molar-refractivity contribution in [2.75, 3.05) is 6.54 Å². The molecule has 0 aromatic heterocycles. The van der Waals surface area contributed by atoms with Crippen molar-refractivity contribution in [3.8, 4) is 0 Å². The molecule has 0 bridgehead atoms. The van der Waals surface area contributed by atoms with Crippen LogP contribution >= 0.6 is 11.6 Å². The highest BCUT2D eigenvalue weighted by molar-refractivity contribution is 7.89. The van der Waals surface area contributed by atoms with Crippen molar-refractivity contribution in [3.63, 3.8) is 0 Å². The van der Waals surface area contributed by atoms with Crippen molar-refractivity contribution in [2.45, 2.75) is 24.8 Å². The van der Waals surface area contributed by atoms with Gasteiger partial charge in [0, 0.05) is 11.6 Å². The molecule has 0 saturated carbocycles. The number of rotatable bonds is 5. The molecule has 6 nitrogen and oxygen atoms in total. The van der Waals surface area contributed by atoms with Gasteiger partial charge in [-0.2, -0.15) is 0 Å². The molecule has 8 heteroatoms. The SMILES string of the molecule is Cc1c(C(=O)O)cc(Cl)cc1S(=O)(=O)NCC(C)O. The number of carbonyl (C=O) groups is 1. The smallest absolute Gasteiger partial charge is 0.336 e. The van der Waals surface area contributed by atoms with Crippen LogP contribution < -0.4 is 4.72 Å². The van der Waals surface area contributed by atoms with E-state index in [-0.39, 0.29) is 27.6 Å². The maximum absolute atomic E-state index is 12.0. The van der Waals surface area contributed by atoms with Gasteiger partial charge in [0.1, 0.15) is 0 Å². The minimum absolute atomic E-state index is 0.0143. The average Bonchev–Trinajstić information content (AvgIpc) is 2.28. The van der Waals surface area contributed by atoms with E-state index in [1.54, 1.807) is 0 Å². The molecule has 19 heavy (non-hydrogen) atoms. The maximum atomic E-state index is 12.0. The van der Waals surface area contributed by atoms with Crippen LogP contribution in [0.4, 0.5) is 0 Å². The van der Waals surface area contributed by atoms with Gasteiger partial charge in [-0.25, -0.2) is 17.9 Å². The van der Waals surface area contributed by atoms with E-state index in [2.05, 4.69) is 4.72 Å². The molecule has 0 radical (unpaired) electrons.